The molecule has 0 bridgehead atoms. The lowest BCUT2D eigenvalue weighted by Crippen LogP contribution is -2.59. The summed E-state index contributed by atoms with van der Waals surface area (Å²) in [5.41, 5.74) is 27.8. The number of amides is 8. The first kappa shape index (κ1) is 62.5. The molecule has 0 rings (SSSR count). The zero-order valence-corrected chi connectivity index (χ0v) is 40.2. The van der Waals surface area contributed by atoms with Gasteiger partial charge in [0.15, 0.2) is 5.96 Å². The SMILES string of the molecule is CC(C)C[C@H](NC(=O)[C@@H](N)CS)C(=O)N[C@@H](CO)C(=O)N[C@@H](CC(=O)O)C(=O)NCC(=O)N[C@@H](CCCCN)C(=O)N[C@@H](CCCN=C(N)N)C(=O)N[C@@H](CCCCN)C(=O)N[C@@H](CS)C(=O)O. The largest absolute Gasteiger partial charge is 0.481 e. The van der Waals surface area contributed by atoms with Crippen molar-refractivity contribution in [1.29, 1.82) is 0 Å². The first-order valence-corrected chi connectivity index (χ1v) is 23.2. The van der Waals surface area contributed by atoms with Crippen LogP contribution in [-0.4, -0.2) is 173 Å². The number of aliphatic hydroxyl groups is 1. The molecule has 8 amide bonds. The molecule has 0 aromatic carbocycles. The second-order valence-corrected chi connectivity index (χ2v) is 16.7. The van der Waals surface area contributed by atoms with E-state index in [0.717, 1.165) is 0 Å². The van der Waals surface area contributed by atoms with Crippen LogP contribution >= 0.6 is 25.3 Å². The number of nitrogens with zero attached hydrogens (tertiary/aromatic N) is 1. The molecule has 0 aliphatic rings. The third-order valence-electron chi connectivity index (χ3n) is 9.68. The minimum Gasteiger partial charge on any atom is -0.481 e. The van der Waals surface area contributed by atoms with Gasteiger partial charge in [-0.1, -0.05) is 13.8 Å². The van der Waals surface area contributed by atoms with E-state index in [4.69, 9.17) is 28.7 Å². The Balaban J connectivity index is 6.25. The standard InChI is InChI=1S/C39H72N14O13S2/c1-20(2)14-25(50-31(58)21(42)18-67)36(63)52-27(17-54)37(64)51-26(15-30(56)57)32(59)46-16-29(55)47-22(8-3-5-11-40)33(60)49-24(10-7-13-45-39(43)44)34(61)48-23(9-4-6-12-41)35(62)53-28(19-68)38(65)66/h20-28,54,67-68H,3-19,40-42H2,1-2H3,(H,46,59)(H,47,55)(H,48,61)(H,49,60)(H,50,58)(H,51,64)(H,52,63)(H,53,62)(H,56,57)(H,65,66)(H4,43,44,45)/t21-,22-,23-,24-,25-,26-,27-,28-/m0/s1. The van der Waals surface area contributed by atoms with Gasteiger partial charge in [0.25, 0.3) is 0 Å². The molecule has 0 aliphatic heterocycles. The normalized spacial score (nSPS) is 14.5. The number of carboxylic acids is 2. The quantitative estimate of drug-likeness (QED) is 0.0120. The molecule has 29 heteroatoms. The lowest BCUT2D eigenvalue weighted by molar-refractivity contribution is -0.142. The van der Waals surface area contributed by atoms with Gasteiger partial charge in [-0.05, 0) is 76.8 Å². The van der Waals surface area contributed by atoms with Crippen molar-refractivity contribution in [3.8, 4) is 0 Å². The number of carbonyl (C=O) groups is 10. The molecule has 8 atom stereocenters. The highest BCUT2D eigenvalue weighted by Gasteiger charge is 2.33. The average Bonchev–Trinajstić information content (AvgIpc) is 3.27. The molecule has 0 saturated carbocycles. The third kappa shape index (κ3) is 26.2. The molecule has 0 aliphatic carbocycles. The van der Waals surface area contributed by atoms with Gasteiger partial charge in [0.2, 0.25) is 47.3 Å². The van der Waals surface area contributed by atoms with Gasteiger partial charge < -0.3 is 86.5 Å². The minimum atomic E-state index is -1.85. The van der Waals surface area contributed by atoms with E-state index < -0.39 is 127 Å². The van der Waals surface area contributed by atoms with Gasteiger partial charge in [-0.3, -0.25) is 48.1 Å². The fourth-order valence-corrected chi connectivity index (χ4v) is 6.43. The van der Waals surface area contributed by atoms with Gasteiger partial charge in [-0.2, -0.15) is 25.3 Å². The maximum atomic E-state index is 13.8. The van der Waals surface area contributed by atoms with Crippen LogP contribution in [0.25, 0.3) is 0 Å². The number of aliphatic imine (C=N–C) groups is 1. The van der Waals surface area contributed by atoms with E-state index in [-0.39, 0.29) is 75.1 Å². The Bertz CT molecular complexity index is 1710. The Hall–Kier alpha value is -5.49. The first-order valence-electron chi connectivity index (χ1n) is 21.9. The molecule has 27 nitrogen and oxygen atoms in total. The summed E-state index contributed by atoms with van der Waals surface area (Å²) in [4.78, 5) is 133. The summed E-state index contributed by atoms with van der Waals surface area (Å²) in [6.07, 6.45) is 0.695. The van der Waals surface area contributed by atoms with Gasteiger partial charge in [-0.25, -0.2) is 4.79 Å². The van der Waals surface area contributed by atoms with Crippen molar-refractivity contribution in [2.75, 3.05) is 44.3 Å². The van der Waals surface area contributed by atoms with E-state index in [1.54, 1.807) is 13.8 Å². The van der Waals surface area contributed by atoms with Crippen LogP contribution in [-0.2, 0) is 47.9 Å². The van der Waals surface area contributed by atoms with Crippen LogP contribution < -0.4 is 71.2 Å². The number of hydrogen-bond donors (Lipinski definition) is 18. The van der Waals surface area contributed by atoms with Crippen LogP contribution in [0.2, 0.25) is 0 Å². The maximum absolute atomic E-state index is 13.8. The van der Waals surface area contributed by atoms with E-state index in [2.05, 4.69) is 72.8 Å². The Morgan fingerprint density at radius 2 is 1.00 bits per heavy atom. The first-order chi connectivity index (χ1) is 32.0. The summed E-state index contributed by atoms with van der Waals surface area (Å²) in [6, 6.07) is -11.2. The average molecular weight is 1010 g/mol. The number of aliphatic carboxylic acids is 2. The number of rotatable bonds is 36. The fourth-order valence-electron chi connectivity index (χ4n) is 6.02. The topological polar surface area (TPSA) is 470 Å². The Kier molecular flexibility index (Phi) is 31.9. The molecular formula is C39H72N14O13S2. The smallest absolute Gasteiger partial charge is 0.327 e. The van der Waals surface area contributed by atoms with Crippen molar-refractivity contribution < 1.29 is 63.3 Å². The lowest BCUT2D eigenvalue weighted by Gasteiger charge is -2.26. The summed E-state index contributed by atoms with van der Waals surface area (Å²) in [5.74, 6) is -11.1. The number of hydrogen-bond acceptors (Lipinski definition) is 17. The highest BCUT2D eigenvalue weighted by Crippen LogP contribution is 2.09. The lowest BCUT2D eigenvalue weighted by atomic mass is 10.0. The van der Waals surface area contributed by atoms with Gasteiger partial charge in [-0.15, -0.1) is 0 Å². The van der Waals surface area contributed by atoms with Crippen LogP contribution in [0.3, 0.4) is 0 Å². The fraction of sp³-hybridized carbons (Fsp3) is 0.718. The number of carboxylic acid groups (broad SMARTS) is 2. The number of carbonyl (C=O) groups excluding carboxylic acids is 8. The van der Waals surface area contributed by atoms with Crippen molar-refractivity contribution in [2.45, 2.75) is 126 Å². The summed E-state index contributed by atoms with van der Waals surface area (Å²) in [5, 5.41) is 47.8. The highest BCUT2D eigenvalue weighted by atomic mass is 32.1. The Labute approximate surface area is 405 Å². The monoisotopic (exact) mass is 1010 g/mol. The van der Waals surface area contributed by atoms with Gasteiger partial charge in [0, 0.05) is 18.1 Å². The van der Waals surface area contributed by atoms with E-state index >= 15 is 0 Å². The zero-order valence-electron chi connectivity index (χ0n) is 38.4. The number of unbranched alkanes of at least 4 members (excludes halogenated alkanes) is 2. The van der Waals surface area contributed by atoms with Crippen molar-refractivity contribution in [2.24, 2.45) is 39.6 Å². The number of guanidine groups is 1. The summed E-state index contributed by atoms with van der Waals surface area (Å²) in [7, 11) is 0. The van der Waals surface area contributed by atoms with Gasteiger partial charge >= 0.3 is 11.9 Å². The predicted molar refractivity (Wildman–Crippen MR) is 254 cm³/mol. The third-order valence-corrected chi connectivity index (χ3v) is 10.4. The van der Waals surface area contributed by atoms with Crippen LogP contribution in [0.4, 0.5) is 0 Å². The molecule has 0 fully saturated rings. The van der Waals surface area contributed by atoms with Crippen LogP contribution in [0.5, 0.6) is 0 Å². The zero-order chi connectivity index (χ0) is 51.9. The van der Waals surface area contributed by atoms with Gasteiger partial charge in [0.05, 0.1) is 25.6 Å². The Morgan fingerprint density at radius 1 is 0.559 bits per heavy atom. The Morgan fingerprint density at radius 3 is 1.44 bits per heavy atom. The van der Waals surface area contributed by atoms with E-state index in [0.29, 0.717) is 25.7 Å². The van der Waals surface area contributed by atoms with Crippen molar-refractivity contribution in [3.05, 3.63) is 0 Å². The minimum absolute atomic E-state index is 0.0227. The molecule has 0 heterocycles. The predicted octanol–water partition coefficient (Wildman–Crippen LogP) is -6.41. The second-order valence-electron chi connectivity index (χ2n) is 15.9. The van der Waals surface area contributed by atoms with Crippen molar-refractivity contribution >= 4 is 90.4 Å². The van der Waals surface area contributed by atoms with E-state index in [1.807, 2.05) is 0 Å². The maximum Gasteiger partial charge on any atom is 0.327 e. The molecule has 0 aromatic heterocycles. The van der Waals surface area contributed by atoms with Crippen LogP contribution in [0.1, 0.15) is 78.1 Å². The molecule has 68 heavy (non-hydrogen) atoms. The molecule has 388 valence electrons. The molecule has 0 aromatic rings. The number of thiol groups is 2. The summed E-state index contributed by atoms with van der Waals surface area (Å²) < 4.78 is 0. The van der Waals surface area contributed by atoms with E-state index in [1.165, 1.54) is 0 Å². The molecule has 0 unspecified atom stereocenters. The molecule has 0 radical (unpaired) electrons. The summed E-state index contributed by atoms with van der Waals surface area (Å²) >= 11 is 7.92. The van der Waals surface area contributed by atoms with Crippen molar-refractivity contribution in [1.82, 2.24) is 42.5 Å². The summed E-state index contributed by atoms with van der Waals surface area (Å²) in [6.45, 7) is 2.16. The van der Waals surface area contributed by atoms with E-state index in [9.17, 15) is 63.3 Å². The number of nitrogens with two attached hydrogens (primary N) is 5. The van der Waals surface area contributed by atoms with Crippen LogP contribution in [0.15, 0.2) is 4.99 Å². The number of aliphatic hydroxyl groups excluding tert-OH is 1. The van der Waals surface area contributed by atoms with Gasteiger partial charge in [0.1, 0.15) is 42.3 Å². The van der Waals surface area contributed by atoms with Crippen molar-refractivity contribution in [3.63, 3.8) is 0 Å². The molecule has 21 N–H and O–H groups in total. The molecule has 0 spiro atoms. The molecule has 0 saturated heterocycles. The second kappa shape index (κ2) is 34.7. The van der Waals surface area contributed by atoms with Crippen LogP contribution in [0, 0.1) is 5.92 Å². The molecular weight excluding hydrogens is 937 g/mol. The number of nitrogens with one attached hydrogen (secondary N) is 8. The highest BCUT2D eigenvalue weighted by molar-refractivity contribution is 7.80.